The lowest BCUT2D eigenvalue weighted by Gasteiger charge is -2.30. The van der Waals surface area contributed by atoms with Crippen LogP contribution < -0.4 is 10.2 Å². The zero-order valence-electron chi connectivity index (χ0n) is 44.9. The third kappa shape index (κ3) is 51.1. The molecule has 9 heteroatoms. The first-order valence-corrected chi connectivity index (χ1v) is 30.5. The molecular weight excluding hydrogens is 840 g/mol. The van der Waals surface area contributed by atoms with Crippen molar-refractivity contribution in [1.29, 1.82) is 0 Å². The minimum absolute atomic E-state index is 0.0147. The highest BCUT2D eigenvalue weighted by atomic mass is 31.2. The Morgan fingerprint density at radius 2 is 0.833 bits per heavy atom. The summed E-state index contributed by atoms with van der Waals surface area (Å²) in [5.74, 6) is -0.160. The summed E-state index contributed by atoms with van der Waals surface area (Å²) in [5.41, 5.74) is 0. The number of unbranched alkanes of at least 4 members (excludes halogenated alkanes) is 39. The van der Waals surface area contributed by atoms with Crippen molar-refractivity contribution in [2.75, 3.05) is 40.9 Å². The lowest BCUT2D eigenvalue weighted by atomic mass is 10.0. The Morgan fingerprint density at radius 1 is 0.515 bits per heavy atom. The second-order valence-electron chi connectivity index (χ2n) is 21.4. The van der Waals surface area contributed by atoms with Gasteiger partial charge < -0.3 is 28.8 Å². The molecule has 0 aromatic heterocycles. The van der Waals surface area contributed by atoms with E-state index >= 15 is 0 Å². The van der Waals surface area contributed by atoms with Crippen molar-refractivity contribution in [3.05, 3.63) is 12.2 Å². The molecule has 66 heavy (non-hydrogen) atoms. The first-order chi connectivity index (χ1) is 32.0. The number of carbonyl (C=O) groups excluding carboxylic acids is 1. The Morgan fingerprint density at radius 3 is 1.18 bits per heavy atom. The number of nitrogens with zero attached hydrogens (tertiary/aromatic N) is 1. The van der Waals surface area contributed by atoms with Crippen LogP contribution in [0.4, 0.5) is 0 Å². The number of quaternary nitrogens is 1. The smallest absolute Gasteiger partial charge is 0.268 e. The van der Waals surface area contributed by atoms with E-state index in [1.165, 1.54) is 231 Å². The Balaban J connectivity index is 4.15. The maximum atomic E-state index is 13.0. The molecule has 0 bridgehead atoms. The van der Waals surface area contributed by atoms with Crippen molar-refractivity contribution in [1.82, 2.24) is 5.32 Å². The quantitative estimate of drug-likeness (QED) is 0.0272. The average Bonchev–Trinajstić information content (AvgIpc) is 3.28. The van der Waals surface area contributed by atoms with Crippen LogP contribution in [0.1, 0.15) is 296 Å². The van der Waals surface area contributed by atoms with E-state index in [0.717, 1.165) is 38.5 Å². The first kappa shape index (κ1) is 65.2. The lowest BCUT2D eigenvalue weighted by Crippen LogP contribution is -2.46. The highest BCUT2D eigenvalue weighted by molar-refractivity contribution is 7.45. The number of phosphoric acid groups is 1. The van der Waals surface area contributed by atoms with Crippen LogP contribution in [0.5, 0.6) is 0 Å². The summed E-state index contributed by atoms with van der Waals surface area (Å²) in [4.78, 5) is 25.5. The van der Waals surface area contributed by atoms with Gasteiger partial charge in [-0.3, -0.25) is 9.36 Å². The maximum Gasteiger partial charge on any atom is 0.268 e. The SMILES string of the molecule is CCCCCCCCCC/C=C\CCCCCCCCCCCCCC(=O)NC(COP(=O)([O-])OCC[N+](C)(C)C)C(O)CCCCCCCCCCCCCCCCCCCCCCC. The number of hydrogen-bond acceptors (Lipinski definition) is 6. The second kappa shape index (κ2) is 49.2. The highest BCUT2D eigenvalue weighted by Gasteiger charge is 2.24. The molecule has 0 fully saturated rings. The monoisotopic (exact) mass is 955 g/mol. The standard InChI is InChI=1S/C57H115N2O6P/c1-6-8-10-12-14-16-18-20-22-24-26-28-29-31-33-35-37-39-41-43-45-47-49-51-57(61)58-55(54-65-66(62,63)64-53-52-59(3,4)5)56(60)50-48-46-44-42-40-38-36-34-32-30-27-25-23-21-19-17-15-13-11-9-7-2/h24,26,55-56,60H,6-23,25,27-54H2,1-5H3,(H-,58,61,62,63)/b26-24-. The van der Waals surface area contributed by atoms with Crippen LogP contribution >= 0.6 is 7.82 Å². The van der Waals surface area contributed by atoms with Crippen LogP contribution in [0.15, 0.2) is 12.2 Å². The fraction of sp³-hybridized carbons (Fsp3) is 0.947. The van der Waals surface area contributed by atoms with Crippen LogP contribution in [-0.2, 0) is 18.4 Å². The molecule has 0 heterocycles. The van der Waals surface area contributed by atoms with Gasteiger partial charge in [0.05, 0.1) is 39.9 Å². The minimum Gasteiger partial charge on any atom is -0.756 e. The summed E-state index contributed by atoms with van der Waals surface area (Å²) < 4.78 is 23.4. The van der Waals surface area contributed by atoms with Crippen molar-refractivity contribution in [3.63, 3.8) is 0 Å². The summed E-state index contributed by atoms with van der Waals surface area (Å²) in [6.45, 7) is 4.77. The summed E-state index contributed by atoms with van der Waals surface area (Å²) in [6, 6.07) is -0.798. The van der Waals surface area contributed by atoms with Gasteiger partial charge in [-0.2, -0.15) is 0 Å². The Labute approximate surface area is 412 Å². The molecule has 0 rings (SSSR count). The summed E-state index contributed by atoms with van der Waals surface area (Å²) in [7, 11) is 1.32. The van der Waals surface area contributed by atoms with Crippen LogP contribution in [0, 0.1) is 0 Å². The average molecular weight is 956 g/mol. The number of carbonyl (C=O) groups is 1. The van der Waals surface area contributed by atoms with Crippen molar-refractivity contribution in [2.24, 2.45) is 0 Å². The van der Waals surface area contributed by atoms with E-state index in [4.69, 9.17) is 9.05 Å². The molecule has 3 atom stereocenters. The third-order valence-electron chi connectivity index (χ3n) is 13.5. The molecule has 0 radical (unpaired) electrons. The third-order valence-corrected chi connectivity index (χ3v) is 14.5. The molecule has 3 unspecified atom stereocenters. The summed E-state index contributed by atoms with van der Waals surface area (Å²) in [5, 5.41) is 14.0. The van der Waals surface area contributed by atoms with Crippen LogP contribution in [-0.4, -0.2) is 68.5 Å². The molecule has 8 nitrogen and oxygen atoms in total. The molecule has 0 aromatic rings. The number of nitrogens with one attached hydrogen (secondary N) is 1. The molecule has 394 valence electrons. The predicted molar refractivity (Wildman–Crippen MR) is 284 cm³/mol. The van der Waals surface area contributed by atoms with Gasteiger partial charge in [0, 0.05) is 6.42 Å². The van der Waals surface area contributed by atoms with Crippen LogP contribution in [0.25, 0.3) is 0 Å². The highest BCUT2D eigenvalue weighted by Crippen LogP contribution is 2.38. The van der Waals surface area contributed by atoms with Gasteiger partial charge in [0.1, 0.15) is 13.2 Å². The normalized spacial score (nSPS) is 14.0. The zero-order valence-corrected chi connectivity index (χ0v) is 45.8. The first-order valence-electron chi connectivity index (χ1n) is 29.0. The fourth-order valence-corrected chi connectivity index (χ4v) is 9.64. The number of hydrogen-bond donors (Lipinski definition) is 2. The Kier molecular flexibility index (Phi) is 48.7. The van der Waals surface area contributed by atoms with Gasteiger partial charge in [0.15, 0.2) is 0 Å². The molecular formula is C57H115N2O6P. The van der Waals surface area contributed by atoms with Gasteiger partial charge in [-0.15, -0.1) is 0 Å². The Hall–Kier alpha value is -0.760. The summed E-state index contributed by atoms with van der Waals surface area (Å²) in [6.07, 6.45) is 59.5. The van der Waals surface area contributed by atoms with E-state index in [1.807, 2.05) is 21.1 Å². The molecule has 1 amide bonds. The van der Waals surface area contributed by atoms with E-state index in [0.29, 0.717) is 23.9 Å². The van der Waals surface area contributed by atoms with Gasteiger partial charge in [-0.1, -0.05) is 264 Å². The van der Waals surface area contributed by atoms with E-state index < -0.39 is 20.0 Å². The number of aliphatic hydroxyl groups is 1. The minimum atomic E-state index is -4.57. The van der Waals surface area contributed by atoms with E-state index in [9.17, 15) is 19.4 Å². The topological polar surface area (TPSA) is 108 Å². The van der Waals surface area contributed by atoms with Crippen molar-refractivity contribution in [3.8, 4) is 0 Å². The van der Waals surface area contributed by atoms with E-state index in [2.05, 4.69) is 31.3 Å². The molecule has 0 spiro atoms. The zero-order chi connectivity index (χ0) is 48.5. The number of phosphoric ester groups is 1. The molecule has 0 aliphatic carbocycles. The van der Waals surface area contributed by atoms with Crippen molar-refractivity contribution in [2.45, 2.75) is 309 Å². The van der Waals surface area contributed by atoms with Gasteiger partial charge in [0.2, 0.25) is 5.91 Å². The lowest BCUT2D eigenvalue weighted by molar-refractivity contribution is -0.870. The number of aliphatic hydroxyl groups excluding tert-OH is 1. The van der Waals surface area contributed by atoms with Crippen LogP contribution in [0.3, 0.4) is 0 Å². The number of rotatable bonds is 54. The van der Waals surface area contributed by atoms with Gasteiger partial charge in [-0.05, 0) is 38.5 Å². The van der Waals surface area contributed by atoms with Crippen molar-refractivity contribution < 1.29 is 32.9 Å². The van der Waals surface area contributed by atoms with E-state index in [-0.39, 0.29) is 19.1 Å². The second-order valence-corrected chi connectivity index (χ2v) is 22.8. The molecule has 2 N–H and O–H groups in total. The Bertz CT molecular complexity index is 1080. The number of likely N-dealkylation sites (N-methyl/N-ethyl adjacent to an activating group) is 1. The largest absolute Gasteiger partial charge is 0.756 e. The van der Waals surface area contributed by atoms with Crippen molar-refractivity contribution >= 4 is 13.7 Å². The fourth-order valence-electron chi connectivity index (χ4n) is 8.92. The summed E-state index contributed by atoms with van der Waals surface area (Å²) >= 11 is 0. The number of amides is 1. The van der Waals surface area contributed by atoms with Gasteiger partial charge in [0.25, 0.3) is 7.82 Å². The van der Waals surface area contributed by atoms with Gasteiger partial charge in [-0.25, -0.2) is 0 Å². The predicted octanol–water partition coefficient (Wildman–Crippen LogP) is 16.8. The molecule has 0 saturated carbocycles. The number of allylic oxidation sites excluding steroid dienone is 2. The maximum absolute atomic E-state index is 13.0. The molecule has 0 aliphatic heterocycles. The molecule has 0 aromatic carbocycles. The van der Waals surface area contributed by atoms with Crippen LogP contribution in [0.2, 0.25) is 0 Å². The van der Waals surface area contributed by atoms with Gasteiger partial charge >= 0.3 is 0 Å². The van der Waals surface area contributed by atoms with E-state index in [1.54, 1.807) is 0 Å². The molecule has 0 aliphatic rings. The molecule has 0 saturated heterocycles.